The largest absolute Gasteiger partial charge is 0.446 e. The summed E-state index contributed by atoms with van der Waals surface area (Å²) in [6.07, 6.45) is 0. The van der Waals surface area contributed by atoms with Crippen molar-refractivity contribution in [3.05, 3.63) is 59.1 Å². The van der Waals surface area contributed by atoms with E-state index < -0.39 is 29.2 Å². The molecule has 1 aromatic carbocycles. The van der Waals surface area contributed by atoms with E-state index in [0.29, 0.717) is 11.8 Å². The first-order valence-corrected chi connectivity index (χ1v) is 6.83. The van der Waals surface area contributed by atoms with Crippen molar-refractivity contribution < 1.29 is 22.8 Å². The molecule has 8 heteroatoms. The highest BCUT2D eigenvalue weighted by Crippen LogP contribution is 2.33. The Morgan fingerprint density at radius 2 is 2.00 bits per heavy atom. The van der Waals surface area contributed by atoms with Crippen LogP contribution in [-0.2, 0) is 0 Å². The summed E-state index contributed by atoms with van der Waals surface area (Å²) in [7, 11) is 0. The van der Waals surface area contributed by atoms with E-state index >= 15 is 0 Å². The van der Waals surface area contributed by atoms with Gasteiger partial charge in [-0.1, -0.05) is 6.07 Å². The zero-order valence-corrected chi connectivity index (χ0v) is 12.4. The Hall–Kier alpha value is -3.29. The van der Waals surface area contributed by atoms with Crippen molar-refractivity contribution in [2.75, 3.05) is 5.32 Å². The van der Waals surface area contributed by atoms with Crippen molar-refractivity contribution in [3.63, 3.8) is 0 Å². The first kappa shape index (κ1) is 15.6. The summed E-state index contributed by atoms with van der Waals surface area (Å²) in [6, 6.07) is 6.32. The molecule has 0 radical (unpaired) electrons. The molecule has 0 aliphatic rings. The SMILES string of the molecule is Cc1cccc(C(=O)Nc2c(C(N)=O)oc3c(F)cc(F)cc23)n1. The molecule has 0 spiro atoms. The molecule has 0 saturated heterocycles. The number of nitrogens with zero attached hydrogens (tertiary/aromatic N) is 1. The highest BCUT2D eigenvalue weighted by Gasteiger charge is 2.24. The zero-order valence-electron chi connectivity index (χ0n) is 12.4. The van der Waals surface area contributed by atoms with Crippen LogP contribution in [0.25, 0.3) is 11.0 Å². The first-order chi connectivity index (χ1) is 11.4. The van der Waals surface area contributed by atoms with E-state index in [9.17, 15) is 18.4 Å². The van der Waals surface area contributed by atoms with E-state index in [2.05, 4.69) is 10.3 Å². The van der Waals surface area contributed by atoms with E-state index in [4.69, 9.17) is 10.2 Å². The van der Waals surface area contributed by atoms with E-state index in [-0.39, 0.29) is 22.4 Å². The van der Waals surface area contributed by atoms with Gasteiger partial charge in [0.2, 0.25) is 5.76 Å². The fourth-order valence-electron chi connectivity index (χ4n) is 2.27. The molecule has 2 heterocycles. The molecule has 3 aromatic rings. The summed E-state index contributed by atoms with van der Waals surface area (Å²) < 4.78 is 32.3. The summed E-state index contributed by atoms with van der Waals surface area (Å²) >= 11 is 0. The Morgan fingerprint density at radius 1 is 1.25 bits per heavy atom. The van der Waals surface area contributed by atoms with Crippen LogP contribution in [0.2, 0.25) is 0 Å². The summed E-state index contributed by atoms with van der Waals surface area (Å²) in [6.45, 7) is 1.70. The number of fused-ring (bicyclic) bond motifs is 1. The van der Waals surface area contributed by atoms with Gasteiger partial charge >= 0.3 is 0 Å². The Morgan fingerprint density at radius 3 is 2.67 bits per heavy atom. The summed E-state index contributed by atoms with van der Waals surface area (Å²) in [5.41, 5.74) is 5.28. The molecule has 6 nitrogen and oxygen atoms in total. The predicted molar refractivity (Wildman–Crippen MR) is 81.6 cm³/mol. The van der Waals surface area contributed by atoms with Crippen LogP contribution in [0.5, 0.6) is 0 Å². The lowest BCUT2D eigenvalue weighted by molar-refractivity contribution is 0.0977. The van der Waals surface area contributed by atoms with Gasteiger partial charge in [0.25, 0.3) is 11.8 Å². The number of nitrogens with two attached hydrogens (primary N) is 1. The number of aromatic nitrogens is 1. The van der Waals surface area contributed by atoms with E-state index in [1.54, 1.807) is 19.1 Å². The van der Waals surface area contributed by atoms with Gasteiger partial charge in [-0.2, -0.15) is 0 Å². The smallest absolute Gasteiger partial charge is 0.286 e. The molecule has 3 N–H and O–H groups in total. The van der Waals surface area contributed by atoms with Crippen LogP contribution in [0.15, 0.2) is 34.7 Å². The Bertz CT molecular complexity index is 982. The van der Waals surface area contributed by atoms with Crippen LogP contribution >= 0.6 is 0 Å². The number of anilines is 1. The second-order valence-electron chi connectivity index (χ2n) is 5.05. The first-order valence-electron chi connectivity index (χ1n) is 6.83. The van der Waals surface area contributed by atoms with Gasteiger partial charge < -0.3 is 15.5 Å². The van der Waals surface area contributed by atoms with Crippen LogP contribution in [0.3, 0.4) is 0 Å². The van der Waals surface area contributed by atoms with Crippen LogP contribution < -0.4 is 11.1 Å². The van der Waals surface area contributed by atoms with Crippen molar-refractivity contribution in [3.8, 4) is 0 Å². The topological polar surface area (TPSA) is 98.2 Å². The average Bonchev–Trinajstić information content (AvgIpc) is 2.86. The molecule has 2 amide bonds. The molecule has 0 bridgehead atoms. The number of carbonyl (C=O) groups excluding carboxylic acids is 2. The van der Waals surface area contributed by atoms with Gasteiger partial charge in [0.15, 0.2) is 11.4 Å². The molecule has 0 saturated carbocycles. The minimum atomic E-state index is -1.03. The maximum atomic E-state index is 13.8. The number of halogens is 2. The summed E-state index contributed by atoms with van der Waals surface area (Å²) in [4.78, 5) is 27.8. The number of nitrogens with one attached hydrogen (secondary N) is 1. The number of pyridine rings is 1. The Labute approximate surface area is 134 Å². The maximum absolute atomic E-state index is 13.8. The fourth-order valence-corrected chi connectivity index (χ4v) is 2.27. The number of primary amides is 1. The lowest BCUT2D eigenvalue weighted by Gasteiger charge is -2.05. The van der Waals surface area contributed by atoms with Gasteiger partial charge in [0, 0.05) is 11.8 Å². The maximum Gasteiger partial charge on any atom is 0.286 e. The minimum Gasteiger partial charge on any atom is -0.446 e. The third kappa shape index (κ3) is 2.69. The average molecular weight is 331 g/mol. The van der Waals surface area contributed by atoms with Gasteiger partial charge in [-0.3, -0.25) is 9.59 Å². The lowest BCUT2D eigenvalue weighted by atomic mass is 10.2. The number of amides is 2. The van der Waals surface area contributed by atoms with Gasteiger partial charge in [0.1, 0.15) is 17.2 Å². The summed E-state index contributed by atoms with van der Waals surface area (Å²) in [5.74, 6) is -4.08. The number of benzene rings is 1. The molecular formula is C16H11F2N3O3. The van der Waals surface area contributed by atoms with Gasteiger partial charge in [0.05, 0.1) is 5.39 Å². The Kier molecular flexibility index (Phi) is 3.72. The second kappa shape index (κ2) is 5.73. The highest BCUT2D eigenvalue weighted by atomic mass is 19.1. The minimum absolute atomic E-state index is 0.0663. The van der Waals surface area contributed by atoms with Gasteiger partial charge in [-0.25, -0.2) is 13.8 Å². The second-order valence-corrected chi connectivity index (χ2v) is 5.05. The van der Waals surface area contributed by atoms with Crippen LogP contribution in [0.1, 0.15) is 26.7 Å². The molecular weight excluding hydrogens is 320 g/mol. The van der Waals surface area contributed by atoms with Crippen molar-refractivity contribution >= 4 is 28.5 Å². The van der Waals surface area contributed by atoms with Crippen molar-refractivity contribution in [1.29, 1.82) is 0 Å². The van der Waals surface area contributed by atoms with Gasteiger partial charge in [-0.15, -0.1) is 0 Å². The Balaban J connectivity index is 2.12. The normalized spacial score (nSPS) is 10.8. The van der Waals surface area contributed by atoms with E-state index in [0.717, 1.165) is 6.07 Å². The number of aryl methyl sites for hydroxylation is 1. The molecule has 24 heavy (non-hydrogen) atoms. The number of hydrogen-bond donors (Lipinski definition) is 2. The predicted octanol–water partition coefficient (Wildman–Crippen LogP) is 2.77. The highest BCUT2D eigenvalue weighted by molar-refractivity contribution is 6.13. The molecule has 0 aliphatic carbocycles. The standard InChI is InChI=1S/C16H11F2N3O3/c1-7-3-2-4-11(20-7)16(23)21-12-9-5-8(17)6-10(18)13(9)24-14(12)15(19)22/h2-6H,1H3,(H2,19,22)(H,21,23). The van der Waals surface area contributed by atoms with Crippen molar-refractivity contribution in [1.82, 2.24) is 4.98 Å². The zero-order chi connectivity index (χ0) is 17.4. The third-order valence-electron chi connectivity index (χ3n) is 3.29. The van der Waals surface area contributed by atoms with Gasteiger partial charge in [-0.05, 0) is 25.1 Å². The number of hydrogen-bond acceptors (Lipinski definition) is 4. The quantitative estimate of drug-likeness (QED) is 0.771. The molecule has 0 aliphatic heterocycles. The third-order valence-corrected chi connectivity index (χ3v) is 3.29. The lowest BCUT2D eigenvalue weighted by Crippen LogP contribution is -2.18. The van der Waals surface area contributed by atoms with Crippen LogP contribution in [-0.4, -0.2) is 16.8 Å². The van der Waals surface area contributed by atoms with E-state index in [1.165, 1.54) is 6.07 Å². The number of carbonyl (C=O) groups is 2. The van der Waals surface area contributed by atoms with E-state index in [1.807, 2.05) is 0 Å². The molecule has 2 aromatic heterocycles. The number of rotatable bonds is 3. The van der Waals surface area contributed by atoms with Crippen LogP contribution in [0, 0.1) is 18.6 Å². The molecule has 0 fully saturated rings. The monoisotopic (exact) mass is 331 g/mol. The number of furan rings is 1. The molecule has 122 valence electrons. The molecule has 3 rings (SSSR count). The van der Waals surface area contributed by atoms with Crippen molar-refractivity contribution in [2.24, 2.45) is 5.73 Å². The molecule has 0 atom stereocenters. The summed E-state index contributed by atoms with van der Waals surface area (Å²) in [5, 5.41) is 2.27. The van der Waals surface area contributed by atoms with Crippen molar-refractivity contribution in [2.45, 2.75) is 6.92 Å². The molecule has 0 unspecified atom stereocenters. The fraction of sp³-hybridized carbons (Fsp3) is 0.0625. The van der Waals surface area contributed by atoms with Crippen LogP contribution in [0.4, 0.5) is 14.5 Å².